The van der Waals surface area contributed by atoms with E-state index >= 15 is 0 Å². The molecule has 0 spiro atoms. The molecule has 2 rings (SSSR count). The van der Waals surface area contributed by atoms with Crippen LogP contribution in [0.5, 0.6) is 0 Å². The van der Waals surface area contributed by atoms with Gasteiger partial charge in [0.15, 0.2) is 11.6 Å². The largest absolute Gasteiger partial charge is 0.331 e. The number of hydrogen-bond donors (Lipinski definition) is 1. The van der Waals surface area contributed by atoms with Crippen LogP contribution in [0.4, 0.5) is 14.5 Å². The Labute approximate surface area is 134 Å². The normalized spacial score (nSPS) is 15.8. The van der Waals surface area contributed by atoms with Crippen molar-refractivity contribution >= 4 is 17.5 Å². The van der Waals surface area contributed by atoms with E-state index in [4.69, 9.17) is 0 Å². The predicted octanol–water partition coefficient (Wildman–Crippen LogP) is 3.47. The Balaban J connectivity index is 1.99. The van der Waals surface area contributed by atoms with Crippen molar-refractivity contribution in [3.05, 3.63) is 29.8 Å². The lowest BCUT2D eigenvalue weighted by atomic mass is 10.1. The molecular weight excluding hydrogens is 302 g/mol. The average Bonchev–Trinajstić information content (AvgIpc) is 2.77. The van der Waals surface area contributed by atoms with Crippen LogP contribution in [0.2, 0.25) is 0 Å². The van der Waals surface area contributed by atoms with Crippen LogP contribution in [0.3, 0.4) is 0 Å². The molecule has 0 radical (unpaired) electrons. The Bertz CT molecular complexity index is 570. The van der Waals surface area contributed by atoms with Crippen LogP contribution in [-0.2, 0) is 9.59 Å². The lowest BCUT2D eigenvalue weighted by Gasteiger charge is -2.29. The summed E-state index contributed by atoms with van der Waals surface area (Å²) in [6.07, 6.45) is 6.22. The van der Waals surface area contributed by atoms with Crippen molar-refractivity contribution in [2.24, 2.45) is 0 Å². The zero-order valence-electron chi connectivity index (χ0n) is 13.3. The highest BCUT2D eigenvalue weighted by Gasteiger charge is 2.24. The van der Waals surface area contributed by atoms with Gasteiger partial charge in [0.25, 0.3) is 0 Å². The Kier molecular flexibility index (Phi) is 6.07. The molecule has 1 aromatic carbocycles. The van der Waals surface area contributed by atoms with Crippen molar-refractivity contribution in [2.75, 3.05) is 11.9 Å². The number of nitrogens with one attached hydrogen (secondary N) is 1. The van der Waals surface area contributed by atoms with E-state index in [-0.39, 0.29) is 24.2 Å². The summed E-state index contributed by atoms with van der Waals surface area (Å²) in [5.74, 6) is -2.53. The number of nitrogens with zero attached hydrogens (tertiary/aromatic N) is 1. The number of amides is 2. The van der Waals surface area contributed by atoms with Crippen LogP contribution in [-0.4, -0.2) is 29.3 Å². The van der Waals surface area contributed by atoms with Gasteiger partial charge in [-0.25, -0.2) is 8.78 Å². The van der Waals surface area contributed by atoms with Gasteiger partial charge in [0, 0.05) is 24.7 Å². The van der Waals surface area contributed by atoms with Gasteiger partial charge < -0.3 is 10.2 Å². The topological polar surface area (TPSA) is 49.4 Å². The van der Waals surface area contributed by atoms with Gasteiger partial charge in [0.1, 0.15) is 6.54 Å². The number of anilines is 1. The van der Waals surface area contributed by atoms with E-state index in [2.05, 4.69) is 5.32 Å². The summed E-state index contributed by atoms with van der Waals surface area (Å²) in [5.41, 5.74) is 0.179. The maximum atomic E-state index is 13.2. The molecule has 1 aliphatic rings. The number of rotatable bonds is 4. The maximum absolute atomic E-state index is 13.2. The Morgan fingerprint density at radius 2 is 1.78 bits per heavy atom. The van der Waals surface area contributed by atoms with Crippen molar-refractivity contribution < 1.29 is 18.4 Å². The molecule has 0 aromatic heterocycles. The van der Waals surface area contributed by atoms with Crippen molar-refractivity contribution in [3.63, 3.8) is 0 Å². The zero-order chi connectivity index (χ0) is 16.8. The summed E-state index contributed by atoms with van der Waals surface area (Å²) in [6, 6.07) is 3.25. The first-order valence-electron chi connectivity index (χ1n) is 7.99. The second-order valence-corrected chi connectivity index (χ2v) is 5.97. The van der Waals surface area contributed by atoms with Gasteiger partial charge in [-0.1, -0.05) is 25.7 Å². The second kappa shape index (κ2) is 8.04. The third-order valence-corrected chi connectivity index (χ3v) is 4.19. The van der Waals surface area contributed by atoms with E-state index in [9.17, 15) is 18.4 Å². The highest BCUT2D eigenvalue weighted by molar-refractivity contribution is 5.94. The first kappa shape index (κ1) is 17.4. The molecule has 1 N–H and O–H groups in total. The molecule has 0 aliphatic heterocycles. The standard InChI is InChI=1S/C17H22F2N2O2/c1-12(22)21(14-6-4-2-3-5-7-14)11-17(23)20-13-8-9-15(18)16(19)10-13/h8-10,14H,2-7,11H2,1H3,(H,20,23). The molecule has 1 fully saturated rings. The minimum absolute atomic E-state index is 0.0704. The van der Waals surface area contributed by atoms with Crippen molar-refractivity contribution in [2.45, 2.75) is 51.5 Å². The molecule has 0 unspecified atom stereocenters. The molecule has 1 saturated carbocycles. The van der Waals surface area contributed by atoms with Gasteiger partial charge in [-0.3, -0.25) is 9.59 Å². The average molecular weight is 324 g/mol. The maximum Gasteiger partial charge on any atom is 0.244 e. The van der Waals surface area contributed by atoms with Gasteiger partial charge in [0.05, 0.1) is 0 Å². The Hall–Kier alpha value is -1.98. The van der Waals surface area contributed by atoms with E-state index in [1.165, 1.54) is 13.0 Å². The first-order chi connectivity index (χ1) is 11.0. The van der Waals surface area contributed by atoms with E-state index in [0.29, 0.717) is 0 Å². The van der Waals surface area contributed by atoms with Crippen LogP contribution in [0.15, 0.2) is 18.2 Å². The fourth-order valence-corrected chi connectivity index (χ4v) is 3.00. The predicted molar refractivity (Wildman–Crippen MR) is 83.9 cm³/mol. The molecule has 0 bridgehead atoms. The SMILES string of the molecule is CC(=O)N(CC(=O)Nc1ccc(F)c(F)c1)C1CCCCCC1. The quantitative estimate of drug-likeness (QED) is 0.862. The number of benzene rings is 1. The lowest BCUT2D eigenvalue weighted by molar-refractivity contribution is -0.135. The number of carbonyl (C=O) groups is 2. The molecule has 0 saturated heterocycles. The van der Waals surface area contributed by atoms with Crippen molar-refractivity contribution in [1.29, 1.82) is 0 Å². The van der Waals surface area contributed by atoms with Crippen LogP contribution >= 0.6 is 0 Å². The smallest absolute Gasteiger partial charge is 0.244 e. The Morgan fingerprint density at radius 3 is 2.35 bits per heavy atom. The monoisotopic (exact) mass is 324 g/mol. The van der Waals surface area contributed by atoms with Crippen molar-refractivity contribution in [3.8, 4) is 0 Å². The number of halogens is 2. The molecule has 126 valence electrons. The molecule has 0 heterocycles. The second-order valence-electron chi connectivity index (χ2n) is 5.97. The van der Waals surface area contributed by atoms with Crippen molar-refractivity contribution in [1.82, 2.24) is 4.90 Å². The zero-order valence-corrected chi connectivity index (χ0v) is 13.3. The fourth-order valence-electron chi connectivity index (χ4n) is 3.00. The van der Waals surface area contributed by atoms with E-state index in [1.54, 1.807) is 4.90 Å². The molecule has 1 aromatic rings. The van der Waals surface area contributed by atoms with E-state index in [1.807, 2.05) is 0 Å². The summed E-state index contributed by atoms with van der Waals surface area (Å²) in [5, 5.41) is 2.51. The molecule has 2 amide bonds. The minimum atomic E-state index is -1.02. The number of carbonyl (C=O) groups excluding carboxylic acids is 2. The Morgan fingerprint density at radius 1 is 1.13 bits per heavy atom. The van der Waals surface area contributed by atoms with Gasteiger partial charge in [-0.05, 0) is 25.0 Å². The van der Waals surface area contributed by atoms with Crippen LogP contribution in [0, 0.1) is 11.6 Å². The van der Waals surface area contributed by atoms with E-state index in [0.717, 1.165) is 50.7 Å². The summed E-state index contributed by atoms with van der Waals surface area (Å²) in [7, 11) is 0. The fraction of sp³-hybridized carbons (Fsp3) is 0.529. The molecule has 6 heteroatoms. The molecule has 4 nitrogen and oxygen atoms in total. The number of hydrogen-bond acceptors (Lipinski definition) is 2. The molecule has 1 aliphatic carbocycles. The van der Waals surface area contributed by atoms with Crippen LogP contribution in [0.1, 0.15) is 45.4 Å². The van der Waals surface area contributed by atoms with Crippen LogP contribution in [0.25, 0.3) is 0 Å². The van der Waals surface area contributed by atoms with Gasteiger partial charge >= 0.3 is 0 Å². The molecular formula is C17H22F2N2O2. The molecule has 23 heavy (non-hydrogen) atoms. The minimum Gasteiger partial charge on any atom is -0.331 e. The summed E-state index contributed by atoms with van der Waals surface area (Å²) in [4.78, 5) is 25.6. The third kappa shape index (κ3) is 5.01. The summed E-state index contributed by atoms with van der Waals surface area (Å²) < 4.78 is 26.1. The highest BCUT2D eigenvalue weighted by Crippen LogP contribution is 2.22. The highest BCUT2D eigenvalue weighted by atomic mass is 19.2. The molecule has 0 atom stereocenters. The third-order valence-electron chi connectivity index (χ3n) is 4.19. The van der Waals surface area contributed by atoms with E-state index < -0.39 is 17.5 Å². The lowest BCUT2D eigenvalue weighted by Crippen LogP contribution is -2.43. The van der Waals surface area contributed by atoms with Gasteiger partial charge in [0.2, 0.25) is 11.8 Å². The van der Waals surface area contributed by atoms with Gasteiger partial charge in [-0.15, -0.1) is 0 Å². The first-order valence-corrected chi connectivity index (χ1v) is 7.99. The van der Waals surface area contributed by atoms with Gasteiger partial charge in [-0.2, -0.15) is 0 Å². The summed E-state index contributed by atoms with van der Waals surface area (Å²) >= 11 is 0. The van der Waals surface area contributed by atoms with Crippen LogP contribution < -0.4 is 5.32 Å². The summed E-state index contributed by atoms with van der Waals surface area (Å²) in [6.45, 7) is 1.38.